The third-order valence-corrected chi connectivity index (χ3v) is 2.27. The first-order valence-corrected chi connectivity index (χ1v) is 4.73. The van der Waals surface area contributed by atoms with Crippen LogP contribution in [0.2, 0.25) is 0 Å². The molecule has 0 saturated carbocycles. The zero-order chi connectivity index (χ0) is 10.3. The van der Waals surface area contributed by atoms with Gasteiger partial charge in [-0.2, -0.15) is 0 Å². The number of nitrogens with zero attached hydrogens (tertiary/aromatic N) is 2. The van der Waals surface area contributed by atoms with Crippen molar-refractivity contribution >= 4 is 11.0 Å². The van der Waals surface area contributed by atoms with E-state index in [4.69, 9.17) is 5.84 Å². The molecule has 3 nitrogen and oxygen atoms in total. The molecule has 2 rings (SSSR count). The molecule has 0 saturated heterocycles. The van der Waals surface area contributed by atoms with Crippen LogP contribution >= 0.6 is 0 Å². The van der Waals surface area contributed by atoms with Gasteiger partial charge in [-0.3, -0.25) is 0 Å². The van der Waals surface area contributed by atoms with Crippen molar-refractivity contribution in [2.24, 2.45) is 0 Å². The summed E-state index contributed by atoms with van der Waals surface area (Å²) in [5.41, 5.74) is 1.92. The molecule has 0 amide bonds. The minimum atomic E-state index is -0.0201. The van der Waals surface area contributed by atoms with Crippen LogP contribution < -0.4 is 5.84 Å². The lowest BCUT2D eigenvalue weighted by molar-refractivity contribution is 0.534. The molecule has 74 valence electrons. The summed E-state index contributed by atoms with van der Waals surface area (Å²) in [7, 11) is 0. The number of para-hydroxylation sites is 2. The Morgan fingerprint density at radius 2 is 1.86 bits per heavy atom. The monoisotopic (exact) mass is 189 g/mol. The van der Waals surface area contributed by atoms with Crippen LogP contribution in [0.15, 0.2) is 24.3 Å². The lowest BCUT2D eigenvalue weighted by Crippen LogP contribution is -2.23. The number of fused-ring (bicyclic) bond motifs is 1. The molecule has 0 aliphatic heterocycles. The van der Waals surface area contributed by atoms with E-state index in [0.717, 1.165) is 16.9 Å². The second-order valence-electron chi connectivity index (χ2n) is 4.54. The molecule has 2 N–H and O–H groups in total. The van der Waals surface area contributed by atoms with Crippen LogP contribution in [0.25, 0.3) is 11.0 Å². The van der Waals surface area contributed by atoms with Gasteiger partial charge in [-0.1, -0.05) is 32.9 Å². The van der Waals surface area contributed by atoms with Gasteiger partial charge in [0.15, 0.2) is 0 Å². The Kier molecular flexibility index (Phi) is 1.77. The Bertz CT molecular complexity index is 463. The lowest BCUT2D eigenvalue weighted by atomic mass is 9.96. The van der Waals surface area contributed by atoms with Crippen LogP contribution in [0.4, 0.5) is 0 Å². The van der Waals surface area contributed by atoms with Crippen LogP contribution in [0, 0.1) is 0 Å². The van der Waals surface area contributed by atoms with Crippen molar-refractivity contribution in [3.8, 4) is 0 Å². The third kappa shape index (κ3) is 1.25. The Labute approximate surface area is 83.5 Å². The molecule has 0 atom stereocenters. The quantitative estimate of drug-likeness (QED) is 0.644. The van der Waals surface area contributed by atoms with E-state index in [0.29, 0.717) is 0 Å². The first-order valence-electron chi connectivity index (χ1n) is 4.73. The maximum absolute atomic E-state index is 5.98. The maximum Gasteiger partial charge on any atom is 0.133 e. The number of nitrogen functional groups attached to an aromatic ring is 1. The third-order valence-electron chi connectivity index (χ3n) is 2.27. The molecule has 2 aromatic rings. The van der Waals surface area contributed by atoms with Crippen molar-refractivity contribution in [2.45, 2.75) is 26.2 Å². The van der Waals surface area contributed by atoms with Gasteiger partial charge in [-0.25, -0.2) is 9.66 Å². The van der Waals surface area contributed by atoms with Crippen molar-refractivity contribution in [3.05, 3.63) is 30.1 Å². The van der Waals surface area contributed by atoms with E-state index in [2.05, 4.69) is 25.8 Å². The zero-order valence-electron chi connectivity index (χ0n) is 8.78. The summed E-state index contributed by atoms with van der Waals surface area (Å²) < 4.78 is 1.68. The van der Waals surface area contributed by atoms with Crippen molar-refractivity contribution in [3.63, 3.8) is 0 Å². The minimum Gasteiger partial charge on any atom is -0.337 e. The molecular weight excluding hydrogens is 174 g/mol. The molecule has 14 heavy (non-hydrogen) atoms. The predicted molar refractivity (Wildman–Crippen MR) is 58.6 cm³/mol. The average molecular weight is 189 g/mol. The first kappa shape index (κ1) is 9.06. The second kappa shape index (κ2) is 2.74. The van der Waals surface area contributed by atoms with Crippen LogP contribution in [-0.2, 0) is 5.41 Å². The van der Waals surface area contributed by atoms with E-state index in [-0.39, 0.29) is 5.41 Å². The summed E-state index contributed by atoms with van der Waals surface area (Å²) in [6, 6.07) is 7.91. The number of imidazole rings is 1. The highest BCUT2D eigenvalue weighted by Crippen LogP contribution is 2.23. The van der Waals surface area contributed by atoms with Crippen molar-refractivity contribution < 1.29 is 0 Å². The molecule has 0 fully saturated rings. The molecule has 1 aromatic heterocycles. The van der Waals surface area contributed by atoms with E-state index < -0.39 is 0 Å². The maximum atomic E-state index is 5.98. The van der Waals surface area contributed by atoms with Gasteiger partial charge in [0.25, 0.3) is 0 Å². The second-order valence-corrected chi connectivity index (χ2v) is 4.54. The Morgan fingerprint density at radius 1 is 1.21 bits per heavy atom. The van der Waals surface area contributed by atoms with Gasteiger partial charge in [0.05, 0.1) is 11.0 Å². The normalized spacial score (nSPS) is 12.2. The lowest BCUT2D eigenvalue weighted by Gasteiger charge is -2.17. The van der Waals surface area contributed by atoms with Crippen molar-refractivity contribution in [2.75, 3.05) is 5.84 Å². The number of benzene rings is 1. The minimum absolute atomic E-state index is 0.0201. The summed E-state index contributed by atoms with van der Waals surface area (Å²) in [6.07, 6.45) is 0. The highest BCUT2D eigenvalue weighted by atomic mass is 15.3. The van der Waals surface area contributed by atoms with Crippen LogP contribution in [-0.4, -0.2) is 9.66 Å². The Morgan fingerprint density at radius 3 is 2.43 bits per heavy atom. The van der Waals surface area contributed by atoms with Gasteiger partial charge in [-0.05, 0) is 12.1 Å². The van der Waals surface area contributed by atoms with Gasteiger partial charge in [0, 0.05) is 5.41 Å². The first-order chi connectivity index (χ1) is 6.50. The number of hydrogen-bond donors (Lipinski definition) is 1. The van der Waals surface area contributed by atoms with Crippen LogP contribution in [0.1, 0.15) is 26.6 Å². The Balaban J connectivity index is 2.75. The highest BCUT2D eigenvalue weighted by molar-refractivity contribution is 5.76. The van der Waals surface area contributed by atoms with Gasteiger partial charge in [0.1, 0.15) is 5.82 Å². The van der Waals surface area contributed by atoms with E-state index in [9.17, 15) is 0 Å². The van der Waals surface area contributed by atoms with E-state index >= 15 is 0 Å². The fourth-order valence-electron chi connectivity index (χ4n) is 1.57. The number of nitrogens with two attached hydrogens (primary N) is 1. The van der Waals surface area contributed by atoms with Gasteiger partial charge < -0.3 is 5.84 Å². The summed E-state index contributed by atoms with van der Waals surface area (Å²) >= 11 is 0. The summed E-state index contributed by atoms with van der Waals surface area (Å²) in [5, 5.41) is 0. The van der Waals surface area contributed by atoms with E-state index in [1.165, 1.54) is 0 Å². The summed E-state index contributed by atoms with van der Waals surface area (Å²) in [4.78, 5) is 4.52. The fraction of sp³-hybridized carbons (Fsp3) is 0.364. The summed E-state index contributed by atoms with van der Waals surface area (Å²) in [6.45, 7) is 6.33. The molecule has 3 heteroatoms. The van der Waals surface area contributed by atoms with Gasteiger partial charge in [-0.15, -0.1) is 0 Å². The molecule has 0 aliphatic carbocycles. The SMILES string of the molecule is CC(C)(C)c1nc2ccccc2n1N. The standard InChI is InChI=1S/C11H15N3/c1-11(2,3)10-13-8-6-4-5-7-9(8)14(10)12/h4-7H,12H2,1-3H3. The molecule has 0 bridgehead atoms. The topological polar surface area (TPSA) is 43.8 Å². The van der Waals surface area contributed by atoms with E-state index in [1.807, 2.05) is 24.3 Å². The van der Waals surface area contributed by atoms with E-state index in [1.54, 1.807) is 4.68 Å². The fourth-order valence-corrected chi connectivity index (χ4v) is 1.57. The number of rotatable bonds is 0. The van der Waals surface area contributed by atoms with Gasteiger partial charge >= 0.3 is 0 Å². The largest absolute Gasteiger partial charge is 0.337 e. The molecular formula is C11H15N3. The number of aromatic nitrogens is 2. The van der Waals surface area contributed by atoms with Gasteiger partial charge in [0.2, 0.25) is 0 Å². The molecule has 1 heterocycles. The summed E-state index contributed by atoms with van der Waals surface area (Å²) in [5.74, 6) is 6.89. The molecule has 0 spiro atoms. The predicted octanol–water partition coefficient (Wildman–Crippen LogP) is 2.05. The molecule has 0 aliphatic rings. The number of hydrogen-bond acceptors (Lipinski definition) is 2. The Hall–Kier alpha value is -1.51. The molecule has 1 aromatic carbocycles. The van der Waals surface area contributed by atoms with Crippen LogP contribution in [0.3, 0.4) is 0 Å². The molecule has 0 radical (unpaired) electrons. The van der Waals surface area contributed by atoms with Crippen molar-refractivity contribution in [1.82, 2.24) is 9.66 Å². The molecule has 0 unspecified atom stereocenters. The zero-order valence-corrected chi connectivity index (χ0v) is 8.78. The smallest absolute Gasteiger partial charge is 0.133 e. The average Bonchev–Trinajstić information content (AvgIpc) is 2.44. The highest BCUT2D eigenvalue weighted by Gasteiger charge is 2.21. The van der Waals surface area contributed by atoms with Crippen molar-refractivity contribution in [1.29, 1.82) is 0 Å². The van der Waals surface area contributed by atoms with Crippen LogP contribution in [0.5, 0.6) is 0 Å².